The number of H-pyrrole nitrogens is 1. The van der Waals surface area contributed by atoms with E-state index in [1.165, 1.54) is 6.07 Å². The van der Waals surface area contributed by atoms with Crippen LogP contribution < -0.4 is 0 Å². The highest BCUT2D eigenvalue weighted by molar-refractivity contribution is 9.10. The number of nitrogens with zero attached hydrogens (tertiary/aromatic N) is 1. The summed E-state index contributed by atoms with van der Waals surface area (Å²) < 4.78 is 14.4. The number of rotatable bonds is 2. The van der Waals surface area contributed by atoms with E-state index in [1.54, 1.807) is 0 Å². The molecule has 0 atom stereocenters. The summed E-state index contributed by atoms with van der Waals surface area (Å²) in [6.07, 6.45) is 0. The lowest BCUT2D eigenvalue weighted by atomic mass is 10.1. The Labute approximate surface area is 127 Å². The van der Waals surface area contributed by atoms with Gasteiger partial charge in [-0.2, -0.15) is 0 Å². The maximum atomic E-state index is 13.5. The van der Waals surface area contributed by atoms with E-state index < -0.39 is 11.8 Å². The molecule has 1 aromatic heterocycles. The number of carboxylic acid groups (broad SMARTS) is 1. The van der Waals surface area contributed by atoms with Crippen molar-refractivity contribution in [2.75, 3.05) is 0 Å². The van der Waals surface area contributed by atoms with E-state index in [-0.39, 0.29) is 11.1 Å². The zero-order valence-corrected chi connectivity index (χ0v) is 12.5. The first-order valence-electron chi connectivity index (χ1n) is 6.15. The summed E-state index contributed by atoms with van der Waals surface area (Å²) in [5.74, 6) is -1.30. The minimum atomic E-state index is -1.21. The van der Waals surface area contributed by atoms with Gasteiger partial charge in [-0.1, -0.05) is 22.0 Å². The second kappa shape index (κ2) is 4.96. The summed E-state index contributed by atoms with van der Waals surface area (Å²) in [5, 5.41) is 9.16. The minimum absolute atomic E-state index is 0.153. The fourth-order valence-corrected chi connectivity index (χ4v) is 2.58. The lowest BCUT2D eigenvalue weighted by molar-refractivity contribution is 0.0698. The molecule has 0 fully saturated rings. The number of halogens is 2. The summed E-state index contributed by atoms with van der Waals surface area (Å²) in [6, 6.07) is 7.92. The van der Waals surface area contributed by atoms with Gasteiger partial charge in [0.2, 0.25) is 0 Å². The molecule has 0 unspecified atom stereocenters. The van der Waals surface area contributed by atoms with Crippen LogP contribution in [0.5, 0.6) is 0 Å². The predicted molar refractivity (Wildman–Crippen MR) is 80.9 cm³/mol. The highest BCUT2D eigenvalue weighted by Gasteiger charge is 2.16. The van der Waals surface area contributed by atoms with Crippen LogP contribution in [0.1, 0.15) is 15.9 Å². The van der Waals surface area contributed by atoms with Gasteiger partial charge in [-0.25, -0.2) is 14.2 Å². The molecule has 3 aromatic rings. The van der Waals surface area contributed by atoms with Crippen LogP contribution in [-0.2, 0) is 0 Å². The van der Waals surface area contributed by atoms with Crippen molar-refractivity contribution in [3.8, 4) is 11.4 Å². The van der Waals surface area contributed by atoms with Gasteiger partial charge >= 0.3 is 5.97 Å². The van der Waals surface area contributed by atoms with Crippen molar-refractivity contribution in [1.82, 2.24) is 9.97 Å². The van der Waals surface area contributed by atoms with E-state index in [9.17, 15) is 9.18 Å². The fraction of sp³-hybridized carbons (Fsp3) is 0.0667. The standard InChI is InChI=1S/C15H10BrFN2O2/c1-7-2-3-8(16)4-10(7)14-18-12-6-9(17)5-11(15(20)21)13(12)19-14/h2-6H,1H3,(H,18,19)(H,20,21). The van der Waals surface area contributed by atoms with Gasteiger partial charge in [0.15, 0.2) is 0 Å². The summed E-state index contributed by atoms with van der Waals surface area (Å²) in [7, 11) is 0. The van der Waals surface area contributed by atoms with Gasteiger partial charge in [0.05, 0.1) is 11.1 Å². The molecule has 4 nitrogen and oxygen atoms in total. The zero-order valence-electron chi connectivity index (χ0n) is 10.9. The first-order chi connectivity index (χ1) is 9.95. The average Bonchev–Trinajstić information content (AvgIpc) is 2.83. The van der Waals surface area contributed by atoms with Crippen LogP contribution in [0.3, 0.4) is 0 Å². The molecule has 0 amide bonds. The number of aromatic amines is 1. The highest BCUT2D eigenvalue weighted by atomic mass is 79.9. The Hall–Kier alpha value is -2.21. The summed E-state index contributed by atoms with van der Waals surface area (Å²) in [5.41, 5.74) is 2.27. The van der Waals surface area contributed by atoms with Crippen LogP contribution in [0.2, 0.25) is 0 Å². The number of aromatic nitrogens is 2. The lowest BCUT2D eigenvalue weighted by Crippen LogP contribution is -1.98. The molecule has 21 heavy (non-hydrogen) atoms. The number of carboxylic acids is 1. The maximum absolute atomic E-state index is 13.5. The Balaban J connectivity index is 2.28. The number of aryl methyl sites for hydroxylation is 1. The van der Waals surface area contributed by atoms with Gasteiger partial charge in [-0.05, 0) is 36.8 Å². The number of fused-ring (bicyclic) bond motifs is 1. The van der Waals surface area contributed by atoms with Gasteiger partial charge in [-0.15, -0.1) is 0 Å². The van der Waals surface area contributed by atoms with Crippen molar-refractivity contribution >= 4 is 32.9 Å². The zero-order chi connectivity index (χ0) is 15.1. The number of aromatic carboxylic acids is 1. The predicted octanol–water partition coefficient (Wildman–Crippen LogP) is 4.14. The van der Waals surface area contributed by atoms with E-state index in [4.69, 9.17) is 5.11 Å². The Morgan fingerprint density at radius 3 is 2.81 bits per heavy atom. The summed E-state index contributed by atoms with van der Waals surface area (Å²) >= 11 is 3.39. The average molecular weight is 349 g/mol. The van der Waals surface area contributed by atoms with E-state index in [2.05, 4.69) is 25.9 Å². The Bertz CT molecular complexity index is 873. The molecule has 3 rings (SSSR count). The van der Waals surface area contributed by atoms with Crippen molar-refractivity contribution in [3.05, 3.63) is 51.7 Å². The van der Waals surface area contributed by atoms with Crippen molar-refractivity contribution in [2.45, 2.75) is 6.92 Å². The molecule has 0 radical (unpaired) electrons. The van der Waals surface area contributed by atoms with Crippen molar-refractivity contribution < 1.29 is 14.3 Å². The van der Waals surface area contributed by atoms with Gasteiger partial charge in [0, 0.05) is 10.0 Å². The number of hydrogen-bond acceptors (Lipinski definition) is 2. The minimum Gasteiger partial charge on any atom is -0.478 e. The molecule has 0 aliphatic heterocycles. The molecule has 0 spiro atoms. The number of carbonyl (C=O) groups is 1. The molecule has 2 aromatic carbocycles. The van der Waals surface area contributed by atoms with Crippen molar-refractivity contribution in [2.24, 2.45) is 0 Å². The Kier molecular flexibility index (Phi) is 3.25. The molecule has 0 aliphatic rings. The number of benzene rings is 2. The summed E-state index contributed by atoms with van der Waals surface area (Å²) in [4.78, 5) is 18.5. The molecule has 0 bridgehead atoms. The highest BCUT2D eigenvalue weighted by Crippen LogP contribution is 2.28. The Morgan fingerprint density at radius 1 is 1.33 bits per heavy atom. The van der Waals surface area contributed by atoms with E-state index in [1.807, 2.05) is 25.1 Å². The molecular formula is C15H10BrFN2O2. The molecule has 0 saturated heterocycles. The second-order valence-electron chi connectivity index (χ2n) is 4.70. The van der Waals surface area contributed by atoms with Crippen LogP contribution >= 0.6 is 15.9 Å². The fourth-order valence-electron chi connectivity index (χ4n) is 2.22. The summed E-state index contributed by atoms with van der Waals surface area (Å²) in [6.45, 7) is 1.92. The van der Waals surface area contributed by atoms with Crippen LogP contribution in [-0.4, -0.2) is 21.0 Å². The van der Waals surface area contributed by atoms with Gasteiger partial charge < -0.3 is 10.1 Å². The molecule has 0 aliphatic carbocycles. The molecule has 1 heterocycles. The largest absolute Gasteiger partial charge is 0.478 e. The normalized spacial score (nSPS) is 11.0. The second-order valence-corrected chi connectivity index (χ2v) is 5.61. The monoisotopic (exact) mass is 348 g/mol. The van der Waals surface area contributed by atoms with Crippen LogP contribution in [0.15, 0.2) is 34.8 Å². The third kappa shape index (κ3) is 2.42. The van der Waals surface area contributed by atoms with Gasteiger partial charge in [0.25, 0.3) is 0 Å². The van der Waals surface area contributed by atoms with Crippen LogP contribution in [0.4, 0.5) is 4.39 Å². The van der Waals surface area contributed by atoms with E-state index >= 15 is 0 Å². The third-order valence-electron chi connectivity index (χ3n) is 3.24. The topological polar surface area (TPSA) is 66.0 Å². The van der Waals surface area contributed by atoms with E-state index in [0.29, 0.717) is 11.3 Å². The number of imidazole rings is 1. The molecule has 2 N–H and O–H groups in total. The van der Waals surface area contributed by atoms with Gasteiger partial charge in [0.1, 0.15) is 17.2 Å². The van der Waals surface area contributed by atoms with Gasteiger partial charge in [-0.3, -0.25) is 0 Å². The van der Waals surface area contributed by atoms with Crippen LogP contribution in [0, 0.1) is 12.7 Å². The molecule has 106 valence electrons. The third-order valence-corrected chi connectivity index (χ3v) is 3.73. The van der Waals surface area contributed by atoms with Crippen LogP contribution in [0.25, 0.3) is 22.4 Å². The maximum Gasteiger partial charge on any atom is 0.338 e. The first kappa shape index (κ1) is 13.8. The molecule has 6 heteroatoms. The number of nitrogens with one attached hydrogen (secondary N) is 1. The van der Waals surface area contributed by atoms with E-state index in [0.717, 1.165) is 21.7 Å². The quantitative estimate of drug-likeness (QED) is 0.731. The lowest BCUT2D eigenvalue weighted by Gasteiger charge is -2.02. The first-order valence-corrected chi connectivity index (χ1v) is 6.94. The Morgan fingerprint density at radius 2 is 2.10 bits per heavy atom. The molecular weight excluding hydrogens is 339 g/mol. The molecule has 0 saturated carbocycles. The number of hydrogen-bond donors (Lipinski definition) is 2. The van der Waals surface area contributed by atoms with Crippen molar-refractivity contribution in [1.29, 1.82) is 0 Å². The SMILES string of the molecule is Cc1ccc(Br)cc1-c1nc2c(C(=O)O)cc(F)cc2[nH]1. The van der Waals surface area contributed by atoms with Crippen molar-refractivity contribution in [3.63, 3.8) is 0 Å². The smallest absolute Gasteiger partial charge is 0.338 e.